The second kappa shape index (κ2) is 15.7. The fourth-order valence-corrected chi connectivity index (χ4v) is 13.4. The molecular weight excluding hydrogens is 756 g/mol. The van der Waals surface area contributed by atoms with E-state index < -0.39 is 85.7 Å². The summed E-state index contributed by atoms with van der Waals surface area (Å²) in [5.41, 5.74) is 1.66. The van der Waals surface area contributed by atoms with Crippen molar-refractivity contribution in [3.8, 4) is 0 Å². The number of rotatable bonds is 6. The van der Waals surface area contributed by atoms with E-state index in [-0.39, 0.29) is 36.3 Å². The highest BCUT2D eigenvalue weighted by Gasteiger charge is 2.69. The van der Waals surface area contributed by atoms with Gasteiger partial charge in [0.1, 0.15) is 54.9 Å². The summed E-state index contributed by atoms with van der Waals surface area (Å²) in [6.07, 6.45) is -6.21. The number of hydrogen-bond donors (Lipinski definition) is 7. The van der Waals surface area contributed by atoms with Crippen LogP contribution in [0.25, 0.3) is 0 Å². The molecule has 58 heavy (non-hydrogen) atoms. The Morgan fingerprint density at radius 1 is 0.707 bits per heavy atom. The first-order chi connectivity index (χ1) is 27.5. The van der Waals surface area contributed by atoms with Crippen LogP contribution in [0.3, 0.4) is 0 Å². The van der Waals surface area contributed by atoms with Gasteiger partial charge in [0, 0.05) is 12.3 Å². The average Bonchev–Trinajstić information content (AvgIpc) is 3.65. The minimum Gasteiger partial charge on any atom is -0.388 e. The Balaban J connectivity index is 0.888. The normalized spacial score (nSPS) is 58.2. The lowest BCUT2D eigenvalue weighted by Gasteiger charge is -2.58. The molecule has 330 valence electrons. The predicted molar refractivity (Wildman–Crippen MR) is 202 cm³/mol. The zero-order chi connectivity index (χ0) is 41.1. The molecule has 8 fully saturated rings. The van der Waals surface area contributed by atoms with Crippen molar-refractivity contribution in [3.63, 3.8) is 0 Å². The maximum atomic E-state index is 11.7. The van der Waals surface area contributed by atoms with E-state index in [1.54, 1.807) is 0 Å². The molecule has 1 spiro atoms. The predicted octanol–water partition coefficient (Wildman–Crippen LogP) is 1.49. The van der Waals surface area contributed by atoms with Gasteiger partial charge in [0.05, 0.1) is 38.1 Å². The Bertz CT molecular complexity index is 1510. The van der Waals surface area contributed by atoms with Crippen molar-refractivity contribution < 1.29 is 73.6 Å². The standard InChI is InChI=1S/C43H68O15/c1-19-8-13-43(53-16-19)20(2)30-28(58-43)15-26-24-7-6-22-14-23(9-11-41(22,4)25(24)10-12-42(26,30)5)55-40-37(57-39-36(50)34(48)31(45)21(3)54-39)33(47)29(18-52-40)56-38-35(49)32(46)27(44)17-51-38/h6,19-21,23-40,44-50H,7-18H2,1-5H3/t19-,20+,21+,23+,24-,25+,26+,27-,28+,29+,30+,31+,32+,33+,34-,35-,36-,37-,38+,39+,40+,41+,42+,43-/m1/s1. The zero-order valence-electron chi connectivity index (χ0n) is 34.6. The van der Waals surface area contributed by atoms with Crippen LogP contribution in [0.5, 0.6) is 0 Å². The van der Waals surface area contributed by atoms with Crippen LogP contribution in [-0.4, -0.2) is 153 Å². The highest BCUT2D eigenvalue weighted by molar-refractivity contribution is 5.26. The summed E-state index contributed by atoms with van der Waals surface area (Å²) in [4.78, 5) is 0. The lowest BCUT2D eigenvalue weighted by Crippen LogP contribution is -2.63. The van der Waals surface area contributed by atoms with E-state index in [0.29, 0.717) is 41.9 Å². The van der Waals surface area contributed by atoms with Crippen LogP contribution >= 0.6 is 0 Å². The number of aliphatic hydroxyl groups is 7. The molecule has 0 unspecified atom stereocenters. The van der Waals surface area contributed by atoms with Crippen molar-refractivity contribution in [2.45, 2.75) is 190 Å². The molecule has 0 bridgehead atoms. The number of hydrogen-bond acceptors (Lipinski definition) is 15. The van der Waals surface area contributed by atoms with Gasteiger partial charge in [0.15, 0.2) is 24.7 Å². The molecular formula is C43H68O15. The average molecular weight is 825 g/mol. The maximum Gasteiger partial charge on any atom is 0.187 e. The van der Waals surface area contributed by atoms with Crippen LogP contribution in [-0.2, 0) is 37.9 Å². The van der Waals surface area contributed by atoms with Gasteiger partial charge in [0.25, 0.3) is 0 Å². The van der Waals surface area contributed by atoms with Gasteiger partial charge in [0.2, 0.25) is 0 Å². The fourth-order valence-electron chi connectivity index (χ4n) is 13.4. The molecule has 24 atom stereocenters. The van der Waals surface area contributed by atoms with E-state index in [9.17, 15) is 35.7 Å². The molecule has 9 aliphatic rings. The topological polar surface area (TPSA) is 215 Å². The second-order valence-electron chi connectivity index (χ2n) is 20.2. The molecule has 15 heteroatoms. The number of allylic oxidation sites excluding steroid dienone is 1. The minimum absolute atomic E-state index is 0.0338. The molecule has 0 amide bonds. The zero-order valence-corrected chi connectivity index (χ0v) is 34.6. The third-order valence-corrected chi connectivity index (χ3v) is 16.9. The Morgan fingerprint density at radius 3 is 2.22 bits per heavy atom. The summed E-state index contributed by atoms with van der Waals surface area (Å²) >= 11 is 0. The summed E-state index contributed by atoms with van der Waals surface area (Å²) in [6, 6.07) is 0. The third kappa shape index (κ3) is 6.89. The Kier molecular flexibility index (Phi) is 11.5. The summed E-state index contributed by atoms with van der Waals surface area (Å²) in [5.74, 6) is 2.82. The summed E-state index contributed by atoms with van der Waals surface area (Å²) in [7, 11) is 0. The summed E-state index contributed by atoms with van der Waals surface area (Å²) in [5, 5.41) is 74.1. The first kappa shape index (κ1) is 42.4. The van der Waals surface area contributed by atoms with Crippen molar-refractivity contribution in [3.05, 3.63) is 11.6 Å². The molecule has 9 rings (SSSR count). The Morgan fingerprint density at radius 2 is 1.47 bits per heavy atom. The molecule has 0 radical (unpaired) electrons. The van der Waals surface area contributed by atoms with E-state index in [2.05, 4.69) is 33.8 Å². The second-order valence-corrected chi connectivity index (χ2v) is 20.2. The number of ether oxygens (including phenoxy) is 8. The van der Waals surface area contributed by atoms with Crippen LogP contribution in [0.1, 0.15) is 92.4 Å². The van der Waals surface area contributed by atoms with Crippen LogP contribution in [0, 0.1) is 46.3 Å². The van der Waals surface area contributed by atoms with Gasteiger partial charge in [-0.15, -0.1) is 0 Å². The Hall–Kier alpha value is -0.860. The van der Waals surface area contributed by atoms with Gasteiger partial charge in [-0.05, 0) is 98.7 Å². The number of fused-ring (bicyclic) bond motifs is 7. The van der Waals surface area contributed by atoms with Crippen molar-refractivity contribution in [1.82, 2.24) is 0 Å². The van der Waals surface area contributed by atoms with Gasteiger partial charge < -0.3 is 73.6 Å². The van der Waals surface area contributed by atoms with E-state index in [1.807, 2.05) is 0 Å². The summed E-state index contributed by atoms with van der Waals surface area (Å²) in [6.45, 7) is 11.5. The molecule has 0 aromatic rings. The quantitative estimate of drug-likeness (QED) is 0.189. The molecule has 15 nitrogen and oxygen atoms in total. The van der Waals surface area contributed by atoms with Gasteiger partial charge >= 0.3 is 0 Å². The van der Waals surface area contributed by atoms with Gasteiger partial charge in [-0.25, -0.2) is 0 Å². The molecule has 5 heterocycles. The molecule has 0 aromatic heterocycles. The highest BCUT2D eigenvalue weighted by Crippen LogP contribution is 2.70. The van der Waals surface area contributed by atoms with Crippen LogP contribution in [0.15, 0.2) is 11.6 Å². The monoisotopic (exact) mass is 824 g/mol. The Labute approximate surface area is 341 Å². The van der Waals surface area contributed by atoms with E-state index in [0.717, 1.165) is 45.1 Å². The molecule has 0 aromatic carbocycles. The summed E-state index contributed by atoms with van der Waals surface area (Å²) < 4.78 is 49.6. The van der Waals surface area contributed by atoms with Crippen LogP contribution < -0.4 is 0 Å². The lowest BCUT2D eigenvalue weighted by molar-refractivity contribution is -0.372. The highest BCUT2D eigenvalue weighted by atomic mass is 16.8. The molecule has 7 N–H and O–H groups in total. The van der Waals surface area contributed by atoms with Gasteiger partial charge in [-0.2, -0.15) is 0 Å². The van der Waals surface area contributed by atoms with E-state index in [1.165, 1.54) is 25.3 Å². The van der Waals surface area contributed by atoms with E-state index >= 15 is 0 Å². The van der Waals surface area contributed by atoms with Crippen LogP contribution in [0.4, 0.5) is 0 Å². The van der Waals surface area contributed by atoms with Crippen molar-refractivity contribution >= 4 is 0 Å². The van der Waals surface area contributed by atoms with Crippen molar-refractivity contribution in [2.75, 3.05) is 19.8 Å². The molecule has 5 saturated heterocycles. The fraction of sp³-hybridized carbons (Fsp3) is 0.953. The largest absolute Gasteiger partial charge is 0.388 e. The maximum absolute atomic E-state index is 11.7. The SMILES string of the molecule is C[C@@H]1CC[C@@]2(OC1)O[C@H]1C[C@H]3[C@@H]4CC=C5C[C@@H](O[C@@H]6OC[C@H](O[C@@H]7OC[C@@H](O)[C@H](O)[C@H]7O)[C@H](O)[C@H]6O[C@@H]6O[C@@H](C)[C@H](O)[C@@H](O)[C@H]6O)CC[C@]5(C)[C@H]4CC[C@]3(C)[C@H]1[C@@H]2C. The van der Waals surface area contributed by atoms with Crippen LogP contribution in [0.2, 0.25) is 0 Å². The van der Waals surface area contributed by atoms with Gasteiger partial charge in [-0.1, -0.05) is 39.3 Å². The molecule has 4 aliphatic carbocycles. The first-order valence-corrected chi connectivity index (χ1v) is 22.2. The third-order valence-electron chi connectivity index (χ3n) is 16.9. The molecule has 5 aliphatic heterocycles. The van der Waals surface area contributed by atoms with Crippen molar-refractivity contribution in [1.29, 1.82) is 0 Å². The minimum atomic E-state index is -1.65. The first-order valence-electron chi connectivity index (χ1n) is 22.2. The van der Waals surface area contributed by atoms with Crippen molar-refractivity contribution in [2.24, 2.45) is 46.3 Å². The smallest absolute Gasteiger partial charge is 0.187 e. The van der Waals surface area contributed by atoms with E-state index in [4.69, 9.17) is 37.9 Å². The van der Waals surface area contributed by atoms with Gasteiger partial charge in [-0.3, -0.25) is 0 Å². The lowest BCUT2D eigenvalue weighted by atomic mass is 9.47. The molecule has 3 saturated carbocycles. The number of aliphatic hydroxyl groups excluding tert-OH is 7.